The predicted octanol–water partition coefficient (Wildman–Crippen LogP) is 5.79. The van der Waals surface area contributed by atoms with Crippen molar-refractivity contribution < 1.29 is 0 Å². The van der Waals surface area contributed by atoms with Gasteiger partial charge in [-0.2, -0.15) is 0 Å². The Hall–Kier alpha value is -2.34. The number of benzene rings is 1. The van der Waals surface area contributed by atoms with Crippen molar-refractivity contribution in [3.63, 3.8) is 0 Å². The quantitative estimate of drug-likeness (QED) is 0.662. The van der Waals surface area contributed by atoms with Gasteiger partial charge in [0, 0.05) is 5.92 Å². The van der Waals surface area contributed by atoms with Crippen LogP contribution in [0, 0.1) is 12.8 Å². The fraction of sp³-hybridized carbons (Fsp3) is 0.217. The molecule has 0 bridgehead atoms. The summed E-state index contributed by atoms with van der Waals surface area (Å²) in [7, 11) is 0. The highest BCUT2D eigenvalue weighted by atomic mass is 14.3. The molecule has 0 aliphatic heterocycles. The molecule has 3 aliphatic carbocycles. The van der Waals surface area contributed by atoms with Crippen molar-refractivity contribution in [2.24, 2.45) is 5.92 Å². The zero-order valence-corrected chi connectivity index (χ0v) is 13.6. The maximum atomic E-state index is 2.38. The lowest BCUT2D eigenvalue weighted by Gasteiger charge is -2.26. The van der Waals surface area contributed by atoms with E-state index in [0.29, 0.717) is 5.92 Å². The molecule has 0 aromatic heterocycles. The normalized spacial score (nSPS) is 22.2. The first kappa shape index (κ1) is 14.3. The van der Waals surface area contributed by atoms with E-state index in [1.165, 1.54) is 46.3 Å². The van der Waals surface area contributed by atoms with Gasteiger partial charge in [-0.3, -0.25) is 0 Å². The maximum Gasteiger partial charge on any atom is 0.0281 e. The van der Waals surface area contributed by atoms with Crippen LogP contribution in [0.15, 0.2) is 95.2 Å². The Morgan fingerprint density at radius 1 is 0.957 bits per heavy atom. The first-order valence-electron chi connectivity index (χ1n) is 8.53. The number of hydrogen-bond donors (Lipinski definition) is 0. The Bertz CT molecular complexity index is 789. The lowest BCUT2D eigenvalue weighted by Crippen LogP contribution is -2.12. The van der Waals surface area contributed by atoms with Crippen molar-refractivity contribution in [1.29, 1.82) is 0 Å². The van der Waals surface area contributed by atoms with Gasteiger partial charge in [0.05, 0.1) is 0 Å². The van der Waals surface area contributed by atoms with Crippen molar-refractivity contribution in [3.8, 4) is 0 Å². The van der Waals surface area contributed by atoms with Gasteiger partial charge < -0.3 is 0 Å². The van der Waals surface area contributed by atoms with Crippen molar-refractivity contribution >= 4 is 0 Å². The van der Waals surface area contributed by atoms with E-state index < -0.39 is 0 Å². The van der Waals surface area contributed by atoms with Gasteiger partial charge in [0.25, 0.3) is 0 Å². The first-order valence-corrected chi connectivity index (χ1v) is 8.53. The topological polar surface area (TPSA) is 0 Å². The van der Waals surface area contributed by atoms with Crippen molar-refractivity contribution in [3.05, 3.63) is 106 Å². The summed E-state index contributed by atoms with van der Waals surface area (Å²) in [4.78, 5) is 0. The lowest BCUT2D eigenvalue weighted by molar-refractivity contribution is 0.889. The van der Waals surface area contributed by atoms with Crippen LogP contribution in [0.2, 0.25) is 0 Å². The molecule has 4 rings (SSSR count). The SMILES string of the molecule is Cc1ccc(CC2=CC=C(C3=CCCC=C3)C3C=CC=C23)cc1. The van der Waals surface area contributed by atoms with Crippen molar-refractivity contribution in [2.45, 2.75) is 26.2 Å². The van der Waals surface area contributed by atoms with Gasteiger partial charge >= 0.3 is 0 Å². The minimum atomic E-state index is 0.439. The summed E-state index contributed by atoms with van der Waals surface area (Å²) < 4.78 is 0. The molecule has 0 N–H and O–H groups in total. The minimum absolute atomic E-state index is 0.439. The Kier molecular flexibility index (Phi) is 3.75. The fourth-order valence-corrected chi connectivity index (χ4v) is 3.64. The maximum absolute atomic E-state index is 2.38. The molecule has 0 amide bonds. The van der Waals surface area contributed by atoms with Gasteiger partial charge in [0.2, 0.25) is 0 Å². The molecule has 0 saturated carbocycles. The van der Waals surface area contributed by atoms with Crippen LogP contribution in [-0.4, -0.2) is 0 Å². The molecule has 0 heteroatoms. The number of rotatable bonds is 3. The monoisotopic (exact) mass is 298 g/mol. The Labute approximate surface area is 138 Å². The van der Waals surface area contributed by atoms with E-state index in [4.69, 9.17) is 0 Å². The standard InChI is InChI=1S/C23H22/c1-17-10-12-18(13-11-17)16-20-14-15-22(19-6-3-2-4-7-19)23-9-5-8-21(20)23/h3,5-15,23H,2,4,16H2,1H3. The third kappa shape index (κ3) is 2.82. The molecule has 1 unspecified atom stereocenters. The summed E-state index contributed by atoms with van der Waals surface area (Å²) in [6, 6.07) is 8.91. The Morgan fingerprint density at radius 3 is 2.61 bits per heavy atom. The third-order valence-electron chi connectivity index (χ3n) is 4.93. The number of aryl methyl sites for hydroxylation is 1. The molecule has 0 radical (unpaired) electrons. The van der Waals surface area contributed by atoms with Crippen LogP contribution < -0.4 is 0 Å². The highest BCUT2D eigenvalue weighted by molar-refractivity contribution is 5.60. The number of fused-ring (bicyclic) bond motifs is 1. The van der Waals surface area contributed by atoms with Crippen molar-refractivity contribution in [1.82, 2.24) is 0 Å². The molecule has 1 aromatic carbocycles. The average Bonchev–Trinajstić information content (AvgIpc) is 3.08. The van der Waals surface area contributed by atoms with Crippen LogP contribution in [0.4, 0.5) is 0 Å². The average molecular weight is 298 g/mol. The van der Waals surface area contributed by atoms with Crippen LogP contribution >= 0.6 is 0 Å². The zero-order valence-electron chi connectivity index (χ0n) is 13.6. The first-order chi connectivity index (χ1) is 11.3. The summed E-state index contributed by atoms with van der Waals surface area (Å²) in [6.45, 7) is 2.14. The highest BCUT2D eigenvalue weighted by Gasteiger charge is 2.26. The van der Waals surface area contributed by atoms with E-state index in [-0.39, 0.29) is 0 Å². The summed E-state index contributed by atoms with van der Waals surface area (Å²) in [6.07, 6.45) is 21.8. The molecule has 1 atom stereocenters. The second-order valence-corrected chi connectivity index (χ2v) is 6.60. The van der Waals surface area contributed by atoms with Crippen LogP contribution in [-0.2, 0) is 6.42 Å². The van der Waals surface area contributed by atoms with E-state index in [2.05, 4.69) is 79.8 Å². The molecule has 0 spiro atoms. The molecule has 0 nitrogen and oxygen atoms in total. The van der Waals surface area contributed by atoms with Crippen molar-refractivity contribution in [2.75, 3.05) is 0 Å². The fourth-order valence-electron chi connectivity index (χ4n) is 3.64. The second-order valence-electron chi connectivity index (χ2n) is 6.60. The number of hydrogen-bond acceptors (Lipinski definition) is 0. The molecule has 23 heavy (non-hydrogen) atoms. The van der Waals surface area contributed by atoms with Crippen LogP contribution in [0.25, 0.3) is 0 Å². The molecule has 0 fully saturated rings. The predicted molar refractivity (Wildman–Crippen MR) is 98.2 cm³/mol. The van der Waals surface area contributed by atoms with E-state index in [1.54, 1.807) is 0 Å². The Balaban J connectivity index is 1.65. The lowest BCUT2D eigenvalue weighted by atomic mass is 9.78. The van der Waals surface area contributed by atoms with Crippen LogP contribution in [0.5, 0.6) is 0 Å². The highest BCUT2D eigenvalue weighted by Crippen LogP contribution is 2.40. The van der Waals surface area contributed by atoms with Gasteiger partial charge in [0.1, 0.15) is 0 Å². The minimum Gasteiger partial charge on any atom is -0.0836 e. The summed E-state index contributed by atoms with van der Waals surface area (Å²) in [5.41, 5.74) is 8.50. The molecule has 114 valence electrons. The van der Waals surface area contributed by atoms with Crippen LogP contribution in [0.1, 0.15) is 24.0 Å². The third-order valence-corrected chi connectivity index (χ3v) is 4.93. The van der Waals surface area contributed by atoms with Gasteiger partial charge in [-0.05, 0) is 54.0 Å². The van der Waals surface area contributed by atoms with E-state index in [9.17, 15) is 0 Å². The molecule has 1 aromatic rings. The Morgan fingerprint density at radius 2 is 1.83 bits per heavy atom. The summed E-state index contributed by atoms with van der Waals surface area (Å²) >= 11 is 0. The van der Waals surface area contributed by atoms with Gasteiger partial charge in [-0.1, -0.05) is 78.4 Å². The van der Waals surface area contributed by atoms with E-state index in [0.717, 1.165) is 6.42 Å². The number of allylic oxidation sites excluding steroid dienone is 12. The molecular formula is C23H22. The molecule has 0 heterocycles. The smallest absolute Gasteiger partial charge is 0.0281 e. The second kappa shape index (κ2) is 6.04. The largest absolute Gasteiger partial charge is 0.0836 e. The molecule has 3 aliphatic rings. The van der Waals surface area contributed by atoms with Crippen LogP contribution in [0.3, 0.4) is 0 Å². The van der Waals surface area contributed by atoms with Gasteiger partial charge in [-0.15, -0.1) is 0 Å². The molecule has 0 saturated heterocycles. The zero-order chi connectivity index (χ0) is 15.6. The molecular weight excluding hydrogens is 276 g/mol. The van der Waals surface area contributed by atoms with E-state index in [1.807, 2.05) is 0 Å². The van der Waals surface area contributed by atoms with E-state index >= 15 is 0 Å². The summed E-state index contributed by atoms with van der Waals surface area (Å²) in [5, 5.41) is 0. The van der Waals surface area contributed by atoms with Gasteiger partial charge in [0.15, 0.2) is 0 Å². The summed E-state index contributed by atoms with van der Waals surface area (Å²) in [5.74, 6) is 0.439. The van der Waals surface area contributed by atoms with Gasteiger partial charge in [-0.25, -0.2) is 0 Å².